The van der Waals surface area contributed by atoms with E-state index in [4.69, 9.17) is 0 Å². The second kappa shape index (κ2) is 12.0. The Labute approximate surface area is 187 Å². The van der Waals surface area contributed by atoms with Crippen molar-refractivity contribution < 1.29 is 8.78 Å². The van der Waals surface area contributed by atoms with Crippen LogP contribution in [-0.4, -0.2) is 0 Å². The summed E-state index contributed by atoms with van der Waals surface area (Å²) in [5.74, 6) is -0.855. The van der Waals surface area contributed by atoms with Crippen molar-refractivity contribution >= 4 is 0 Å². The molecule has 0 saturated heterocycles. The first-order valence-electron chi connectivity index (χ1n) is 12.0. The van der Waals surface area contributed by atoms with Gasteiger partial charge in [-0.25, -0.2) is 8.78 Å². The third-order valence-corrected chi connectivity index (χ3v) is 6.47. The molecule has 3 rings (SSSR count). The van der Waals surface area contributed by atoms with Crippen molar-refractivity contribution in [1.82, 2.24) is 0 Å². The van der Waals surface area contributed by atoms with Crippen molar-refractivity contribution in [2.45, 2.75) is 78.1 Å². The quantitative estimate of drug-likeness (QED) is 0.265. The van der Waals surface area contributed by atoms with Crippen molar-refractivity contribution in [3.8, 4) is 11.1 Å². The van der Waals surface area contributed by atoms with Crippen LogP contribution in [0.5, 0.6) is 0 Å². The molecule has 0 radical (unpaired) electrons. The van der Waals surface area contributed by atoms with E-state index in [-0.39, 0.29) is 0 Å². The zero-order valence-corrected chi connectivity index (χ0v) is 19.1. The summed E-state index contributed by atoms with van der Waals surface area (Å²) in [5.41, 5.74) is 4.33. The summed E-state index contributed by atoms with van der Waals surface area (Å²) in [6.07, 6.45) is 17.8. The van der Waals surface area contributed by atoms with Crippen molar-refractivity contribution in [1.29, 1.82) is 0 Å². The van der Waals surface area contributed by atoms with Gasteiger partial charge in [0.15, 0.2) is 11.6 Å². The highest BCUT2D eigenvalue weighted by molar-refractivity contribution is 5.65. The van der Waals surface area contributed by atoms with E-state index in [9.17, 15) is 8.78 Å². The molecule has 0 nitrogen and oxygen atoms in total. The van der Waals surface area contributed by atoms with Crippen LogP contribution < -0.4 is 0 Å². The lowest BCUT2D eigenvalue weighted by Gasteiger charge is -2.19. The predicted octanol–water partition coefficient (Wildman–Crippen LogP) is 8.99. The van der Waals surface area contributed by atoms with Crippen LogP contribution in [-0.2, 0) is 12.8 Å². The Kier molecular flexibility index (Phi) is 9.06. The molecule has 31 heavy (non-hydrogen) atoms. The predicted molar refractivity (Wildman–Crippen MR) is 128 cm³/mol. The van der Waals surface area contributed by atoms with Gasteiger partial charge >= 0.3 is 0 Å². The van der Waals surface area contributed by atoms with Gasteiger partial charge in [0.25, 0.3) is 0 Å². The fraction of sp³-hybridized carbons (Fsp3) is 0.448. The van der Waals surface area contributed by atoms with Crippen molar-refractivity contribution in [3.63, 3.8) is 0 Å². The number of benzene rings is 2. The normalized spacial score (nSPS) is 16.6. The Morgan fingerprint density at radius 1 is 0.935 bits per heavy atom. The van der Waals surface area contributed by atoms with Gasteiger partial charge in [0.2, 0.25) is 0 Å². The van der Waals surface area contributed by atoms with Gasteiger partial charge in [-0.2, -0.15) is 0 Å². The van der Waals surface area contributed by atoms with Crippen LogP contribution in [0.25, 0.3) is 11.1 Å². The van der Waals surface area contributed by atoms with Crippen LogP contribution in [0.1, 0.15) is 76.3 Å². The summed E-state index contributed by atoms with van der Waals surface area (Å²) in [7, 11) is 0. The highest BCUT2D eigenvalue weighted by atomic mass is 19.2. The molecular formula is C29H36F2. The summed E-state index contributed by atoms with van der Waals surface area (Å²) in [6.45, 7) is 4.32. The Hall–Kier alpha value is -2.22. The van der Waals surface area contributed by atoms with E-state index in [1.807, 2.05) is 24.3 Å². The van der Waals surface area contributed by atoms with Crippen molar-refractivity contribution in [2.24, 2.45) is 5.92 Å². The van der Waals surface area contributed by atoms with Gasteiger partial charge in [-0.3, -0.25) is 0 Å². The lowest BCUT2D eigenvalue weighted by molar-refractivity contribution is 0.501. The molecule has 0 bridgehead atoms. The van der Waals surface area contributed by atoms with E-state index in [1.54, 1.807) is 17.7 Å². The zero-order chi connectivity index (χ0) is 22.1. The van der Waals surface area contributed by atoms with Gasteiger partial charge in [0, 0.05) is 5.56 Å². The van der Waals surface area contributed by atoms with E-state index in [1.165, 1.54) is 44.1 Å². The van der Waals surface area contributed by atoms with Gasteiger partial charge in [-0.1, -0.05) is 86.9 Å². The van der Waals surface area contributed by atoms with Gasteiger partial charge in [-0.05, 0) is 74.0 Å². The molecule has 2 aromatic rings. The van der Waals surface area contributed by atoms with Crippen molar-refractivity contribution in [3.05, 3.63) is 83.0 Å². The molecule has 0 heterocycles. The Morgan fingerprint density at radius 2 is 1.74 bits per heavy atom. The number of halogens is 2. The molecule has 166 valence electrons. The number of hydrogen-bond acceptors (Lipinski definition) is 0. The number of rotatable bonds is 10. The van der Waals surface area contributed by atoms with Crippen LogP contribution in [0.3, 0.4) is 0 Å². The first kappa shape index (κ1) is 23.4. The Balaban J connectivity index is 1.52. The summed E-state index contributed by atoms with van der Waals surface area (Å²) in [5, 5.41) is 0. The molecule has 0 aromatic heterocycles. The maximum atomic E-state index is 14.7. The monoisotopic (exact) mass is 422 g/mol. The maximum Gasteiger partial charge on any atom is 0.166 e. The van der Waals surface area contributed by atoms with Gasteiger partial charge < -0.3 is 0 Å². The maximum absolute atomic E-state index is 14.7. The molecular weight excluding hydrogens is 386 g/mol. The van der Waals surface area contributed by atoms with E-state index in [2.05, 4.69) is 32.1 Å². The lowest BCUT2D eigenvalue weighted by atomic mass is 9.87. The fourth-order valence-electron chi connectivity index (χ4n) is 4.37. The minimum absolute atomic E-state index is 0.336. The number of allylic oxidation sites excluding steroid dienone is 4. The second-order valence-electron chi connectivity index (χ2n) is 8.77. The molecule has 1 aliphatic carbocycles. The Bertz CT molecular complexity index is 890. The molecule has 0 saturated carbocycles. The average Bonchev–Trinajstić information content (AvgIpc) is 2.80. The number of aryl methyl sites for hydroxylation is 2. The van der Waals surface area contributed by atoms with Crippen LogP contribution >= 0.6 is 0 Å². The largest absolute Gasteiger partial charge is 0.203 e. The number of hydrogen-bond donors (Lipinski definition) is 0. The molecule has 2 heteroatoms. The van der Waals surface area contributed by atoms with Crippen LogP contribution in [0.15, 0.2) is 60.2 Å². The molecule has 1 unspecified atom stereocenters. The second-order valence-corrected chi connectivity index (χ2v) is 8.77. The van der Waals surface area contributed by atoms with Gasteiger partial charge in [0.05, 0.1) is 0 Å². The van der Waals surface area contributed by atoms with E-state index in [0.29, 0.717) is 23.5 Å². The van der Waals surface area contributed by atoms with E-state index in [0.717, 1.165) is 24.8 Å². The van der Waals surface area contributed by atoms with Crippen LogP contribution in [0.4, 0.5) is 8.78 Å². The summed E-state index contributed by atoms with van der Waals surface area (Å²) < 4.78 is 29.3. The van der Waals surface area contributed by atoms with Gasteiger partial charge in [0.1, 0.15) is 0 Å². The first-order chi connectivity index (χ1) is 15.1. The van der Waals surface area contributed by atoms with Crippen LogP contribution in [0.2, 0.25) is 0 Å². The molecule has 0 amide bonds. The lowest BCUT2D eigenvalue weighted by Crippen LogP contribution is -2.03. The third-order valence-electron chi connectivity index (χ3n) is 6.47. The number of unbranched alkanes of at least 4 members (excludes halogenated alkanes) is 2. The van der Waals surface area contributed by atoms with E-state index < -0.39 is 11.6 Å². The topological polar surface area (TPSA) is 0 Å². The smallest absolute Gasteiger partial charge is 0.166 e. The molecule has 0 fully saturated rings. The highest BCUT2D eigenvalue weighted by Gasteiger charge is 2.15. The third kappa shape index (κ3) is 6.63. The molecule has 0 spiro atoms. The molecule has 0 aliphatic heterocycles. The minimum atomic E-state index is -0.737. The van der Waals surface area contributed by atoms with Gasteiger partial charge in [-0.15, -0.1) is 0 Å². The summed E-state index contributed by atoms with van der Waals surface area (Å²) in [4.78, 5) is 0. The highest BCUT2D eigenvalue weighted by Crippen LogP contribution is 2.29. The van der Waals surface area contributed by atoms with Crippen LogP contribution in [0, 0.1) is 17.6 Å². The molecule has 2 aromatic carbocycles. The molecule has 0 N–H and O–H groups in total. The molecule has 1 aliphatic rings. The van der Waals surface area contributed by atoms with Crippen molar-refractivity contribution in [2.75, 3.05) is 0 Å². The standard InChI is InChI=1S/C29H36F2/c1-3-5-6-9-23-12-14-24(15-13-23)10-7-8-11-26-20-21-27(29(31)28(26)30)25-18-16-22(4-2)17-19-25/h7,10,12,16-21,24H,3-6,8-9,11,13-15H2,1-2H3. The summed E-state index contributed by atoms with van der Waals surface area (Å²) >= 11 is 0. The minimum Gasteiger partial charge on any atom is -0.203 e. The average molecular weight is 423 g/mol. The fourth-order valence-corrected chi connectivity index (χ4v) is 4.37. The Morgan fingerprint density at radius 3 is 2.42 bits per heavy atom. The SMILES string of the molecule is CCCCCC1=CCC(C=CCCc2ccc(-c3ccc(CC)cc3)c(F)c2F)CC1. The molecule has 1 atom stereocenters. The first-order valence-corrected chi connectivity index (χ1v) is 12.0. The summed E-state index contributed by atoms with van der Waals surface area (Å²) in [6, 6.07) is 11.1. The zero-order valence-electron chi connectivity index (χ0n) is 19.1. The van der Waals surface area contributed by atoms with E-state index >= 15 is 0 Å².